The lowest BCUT2D eigenvalue weighted by Crippen LogP contribution is -2.60. The highest BCUT2D eigenvalue weighted by Gasteiger charge is 2.42. The Labute approximate surface area is 127 Å². The molecule has 21 heavy (non-hydrogen) atoms. The highest BCUT2D eigenvalue weighted by Crippen LogP contribution is 2.28. The average molecular weight is 311 g/mol. The number of benzene rings is 1. The molecule has 1 aromatic rings. The van der Waals surface area contributed by atoms with Crippen LogP contribution in [0.5, 0.6) is 0 Å². The second-order valence-electron chi connectivity index (χ2n) is 5.59. The van der Waals surface area contributed by atoms with Gasteiger partial charge in [-0.05, 0) is 38.0 Å². The number of piperazine rings is 1. The Bertz CT molecular complexity index is 607. The third-order valence-corrected chi connectivity index (χ3v) is 4.63. The van der Waals surface area contributed by atoms with Crippen LogP contribution in [0.3, 0.4) is 0 Å². The van der Waals surface area contributed by atoms with Gasteiger partial charge in [0.2, 0.25) is 5.91 Å². The Balaban J connectivity index is 1.88. The summed E-state index contributed by atoms with van der Waals surface area (Å²) in [5.41, 5.74) is 0.240. The molecule has 2 fully saturated rings. The molecule has 0 unspecified atom stereocenters. The number of hydrogen-bond acceptors (Lipinski definition) is 2. The number of rotatable bonds is 1. The maximum Gasteiger partial charge on any atom is 0.256 e. The van der Waals surface area contributed by atoms with Crippen LogP contribution in [0.25, 0.3) is 0 Å². The average Bonchev–Trinajstić information content (AvgIpc) is 2.90. The predicted molar refractivity (Wildman–Crippen MR) is 76.6 cm³/mol. The molecule has 2 aliphatic rings. The molecule has 2 saturated heterocycles. The lowest BCUT2D eigenvalue weighted by Gasteiger charge is -2.41. The molecule has 4 nitrogen and oxygen atoms in total. The van der Waals surface area contributed by atoms with Crippen LogP contribution in [-0.2, 0) is 4.79 Å². The zero-order valence-corrected chi connectivity index (χ0v) is 12.4. The van der Waals surface area contributed by atoms with E-state index < -0.39 is 11.9 Å². The Morgan fingerprint density at radius 3 is 2.90 bits per heavy atom. The highest BCUT2D eigenvalue weighted by atomic mass is 35.5. The largest absolute Gasteiger partial charge is 0.336 e. The summed E-state index contributed by atoms with van der Waals surface area (Å²) in [6, 6.07) is 3.28. The summed E-state index contributed by atoms with van der Waals surface area (Å²) in [4.78, 5) is 28.4. The molecule has 112 valence electrons. The van der Waals surface area contributed by atoms with Crippen LogP contribution in [0.1, 0.15) is 30.1 Å². The van der Waals surface area contributed by atoms with Crippen molar-refractivity contribution in [2.24, 2.45) is 0 Å². The van der Waals surface area contributed by atoms with Crippen molar-refractivity contribution in [3.63, 3.8) is 0 Å². The Hall–Kier alpha value is -1.62. The molecular formula is C15H16ClFN2O2. The Morgan fingerprint density at radius 1 is 1.43 bits per heavy atom. The summed E-state index contributed by atoms with van der Waals surface area (Å²) in [5.74, 6) is -0.816. The first-order valence-electron chi connectivity index (χ1n) is 7.05. The number of nitrogens with zero attached hydrogens (tertiary/aromatic N) is 2. The third-order valence-electron chi connectivity index (χ3n) is 4.31. The topological polar surface area (TPSA) is 40.6 Å². The van der Waals surface area contributed by atoms with Gasteiger partial charge in [0, 0.05) is 19.1 Å². The van der Waals surface area contributed by atoms with Crippen molar-refractivity contribution in [1.29, 1.82) is 0 Å². The van der Waals surface area contributed by atoms with Crippen LogP contribution in [0, 0.1) is 5.82 Å². The minimum absolute atomic E-state index is 0.0182. The molecule has 0 aliphatic carbocycles. The van der Waals surface area contributed by atoms with Crippen molar-refractivity contribution in [1.82, 2.24) is 9.80 Å². The zero-order chi connectivity index (χ0) is 15.1. The third kappa shape index (κ3) is 2.39. The number of carbonyl (C=O) groups is 2. The fourth-order valence-corrected chi connectivity index (χ4v) is 3.40. The molecule has 0 bridgehead atoms. The SMILES string of the molecule is C[C@H]1C(=O)N2CCC[C@H]2CN1C(=O)c1ccc(F)cc1Cl. The van der Waals surface area contributed by atoms with E-state index in [4.69, 9.17) is 11.6 Å². The summed E-state index contributed by atoms with van der Waals surface area (Å²) in [6.07, 6.45) is 1.89. The molecular weight excluding hydrogens is 295 g/mol. The summed E-state index contributed by atoms with van der Waals surface area (Å²) in [6.45, 7) is 3.01. The Kier molecular flexibility index (Phi) is 3.61. The van der Waals surface area contributed by atoms with E-state index in [1.165, 1.54) is 12.1 Å². The van der Waals surface area contributed by atoms with E-state index in [1.54, 1.807) is 11.8 Å². The highest BCUT2D eigenvalue weighted by molar-refractivity contribution is 6.33. The van der Waals surface area contributed by atoms with Crippen molar-refractivity contribution < 1.29 is 14.0 Å². The van der Waals surface area contributed by atoms with Crippen LogP contribution in [-0.4, -0.2) is 46.8 Å². The van der Waals surface area contributed by atoms with Crippen molar-refractivity contribution in [3.8, 4) is 0 Å². The maximum absolute atomic E-state index is 13.1. The van der Waals surface area contributed by atoms with Crippen molar-refractivity contribution >= 4 is 23.4 Å². The fourth-order valence-electron chi connectivity index (χ4n) is 3.15. The second kappa shape index (κ2) is 5.30. The summed E-state index contributed by atoms with van der Waals surface area (Å²) < 4.78 is 13.1. The van der Waals surface area contributed by atoms with Gasteiger partial charge in [-0.25, -0.2) is 4.39 Å². The first kappa shape index (κ1) is 14.3. The molecule has 3 rings (SSSR count). The number of carbonyl (C=O) groups excluding carboxylic acids is 2. The van der Waals surface area contributed by atoms with Gasteiger partial charge >= 0.3 is 0 Å². The monoisotopic (exact) mass is 310 g/mol. The summed E-state index contributed by atoms with van der Waals surface area (Å²) >= 11 is 5.96. The van der Waals surface area contributed by atoms with E-state index >= 15 is 0 Å². The Morgan fingerprint density at radius 2 is 2.19 bits per heavy atom. The molecule has 0 radical (unpaired) electrons. The van der Waals surface area contributed by atoms with Gasteiger partial charge in [0.15, 0.2) is 0 Å². The van der Waals surface area contributed by atoms with Crippen molar-refractivity contribution in [2.75, 3.05) is 13.1 Å². The predicted octanol–water partition coefficient (Wildman–Crippen LogP) is 2.31. The molecule has 0 saturated carbocycles. The van der Waals surface area contributed by atoms with E-state index in [9.17, 15) is 14.0 Å². The number of amides is 2. The van der Waals surface area contributed by atoms with Gasteiger partial charge in [0.05, 0.1) is 10.6 Å². The number of halogens is 2. The molecule has 1 aromatic carbocycles. The first-order valence-corrected chi connectivity index (χ1v) is 7.43. The van der Waals surface area contributed by atoms with Gasteiger partial charge in [0.25, 0.3) is 5.91 Å². The quantitative estimate of drug-likeness (QED) is 0.798. The minimum Gasteiger partial charge on any atom is -0.336 e. The van der Waals surface area contributed by atoms with E-state index in [0.29, 0.717) is 6.54 Å². The van der Waals surface area contributed by atoms with Crippen molar-refractivity contribution in [3.05, 3.63) is 34.6 Å². The molecule has 2 heterocycles. The van der Waals surface area contributed by atoms with Crippen LogP contribution >= 0.6 is 11.6 Å². The smallest absolute Gasteiger partial charge is 0.256 e. The van der Waals surface area contributed by atoms with E-state index in [1.807, 2.05) is 4.90 Å². The van der Waals surface area contributed by atoms with Crippen LogP contribution in [0.15, 0.2) is 18.2 Å². The van der Waals surface area contributed by atoms with Crippen LogP contribution in [0.2, 0.25) is 5.02 Å². The van der Waals surface area contributed by atoms with Gasteiger partial charge in [-0.3, -0.25) is 9.59 Å². The van der Waals surface area contributed by atoms with Gasteiger partial charge in [0.1, 0.15) is 11.9 Å². The van der Waals surface area contributed by atoms with Crippen molar-refractivity contribution in [2.45, 2.75) is 31.8 Å². The molecule has 0 aromatic heterocycles. The van der Waals surface area contributed by atoms with Crippen LogP contribution < -0.4 is 0 Å². The molecule has 2 amide bonds. The lowest BCUT2D eigenvalue weighted by atomic mass is 10.1. The molecule has 0 spiro atoms. The van der Waals surface area contributed by atoms with E-state index in [0.717, 1.165) is 25.5 Å². The summed E-state index contributed by atoms with van der Waals surface area (Å²) in [5, 5.41) is 0.0773. The molecule has 6 heteroatoms. The van der Waals surface area contributed by atoms with E-state index in [-0.39, 0.29) is 28.4 Å². The fraction of sp³-hybridized carbons (Fsp3) is 0.467. The van der Waals surface area contributed by atoms with E-state index in [2.05, 4.69) is 0 Å². The van der Waals surface area contributed by atoms with Gasteiger partial charge in [-0.1, -0.05) is 11.6 Å². The number of fused-ring (bicyclic) bond motifs is 1. The van der Waals surface area contributed by atoms with Crippen LogP contribution in [0.4, 0.5) is 4.39 Å². The molecule has 2 aliphatic heterocycles. The second-order valence-corrected chi connectivity index (χ2v) is 5.99. The normalized spacial score (nSPS) is 25.2. The minimum atomic E-state index is -0.507. The molecule has 0 N–H and O–H groups in total. The lowest BCUT2D eigenvalue weighted by molar-refractivity contribution is -0.141. The van der Waals surface area contributed by atoms with Gasteiger partial charge in [-0.15, -0.1) is 0 Å². The zero-order valence-electron chi connectivity index (χ0n) is 11.7. The summed E-state index contributed by atoms with van der Waals surface area (Å²) in [7, 11) is 0. The standard InChI is InChI=1S/C15H16ClFN2O2/c1-9-14(20)18-6-2-3-11(18)8-19(9)15(21)12-5-4-10(17)7-13(12)16/h4-5,7,9,11H,2-3,6,8H2,1H3/t9-,11-/m0/s1. The number of hydrogen-bond donors (Lipinski definition) is 0. The van der Waals surface area contributed by atoms with Gasteiger partial charge < -0.3 is 9.80 Å². The first-order chi connectivity index (χ1) is 9.99. The molecule has 2 atom stereocenters. The maximum atomic E-state index is 13.1. The van der Waals surface area contributed by atoms with Gasteiger partial charge in [-0.2, -0.15) is 0 Å².